The van der Waals surface area contributed by atoms with Crippen molar-refractivity contribution in [2.75, 3.05) is 0 Å². The van der Waals surface area contributed by atoms with E-state index < -0.39 is 0 Å². The molecule has 0 amide bonds. The second-order valence-electron chi connectivity index (χ2n) is 3.73. The predicted molar refractivity (Wildman–Crippen MR) is 58.3 cm³/mol. The van der Waals surface area contributed by atoms with Crippen LogP contribution >= 0.6 is 12.4 Å². The van der Waals surface area contributed by atoms with Gasteiger partial charge in [-0.3, -0.25) is 0 Å². The summed E-state index contributed by atoms with van der Waals surface area (Å²) in [6.07, 6.45) is 2.75. The van der Waals surface area contributed by atoms with Crippen molar-refractivity contribution in [3.8, 4) is 0 Å². The zero-order valence-electron chi connectivity index (χ0n) is 7.86. The average molecular weight is 198 g/mol. The summed E-state index contributed by atoms with van der Waals surface area (Å²) in [6, 6.07) is 8.90. The van der Waals surface area contributed by atoms with Gasteiger partial charge in [0.05, 0.1) is 0 Å². The molecule has 1 aliphatic rings. The summed E-state index contributed by atoms with van der Waals surface area (Å²) in [5, 5.41) is 0. The summed E-state index contributed by atoms with van der Waals surface area (Å²) in [6.45, 7) is 2.02. The Hall–Kier alpha value is -0.530. The Balaban J connectivity index is 0.000000845. The molecule has 2 heteroatoms. The monoisotopic (exact) mass is 197 g/mol. The summed E-state index contributed by atoms with van der Waals surface area (Å²) < 4.78 is 0. The van der Waals surface area contributed by atoms with Gasteiger partial charge in [-0.1, -0.05) is 24.3 Å². The molecule has 1 saturated carbocycles. The van der Waals surface area contributed by atoms with Gasteiger partial charge < -0.3 is 5.73 Å². The van der Waals surface area contributed by atoms with Crippen molar-refractivity contribution in [2.24, 2.45) is 5.73 Å². The van der Waals surface area contributed by atoms with Crippen molar-refractivity contribution in [3.63, 3.8) is 0 Å². The molecule has 1 fully saturated rings. The highest BCUT2D eigenvalue weighted by Gasteiger charge is 2.22. The Morgan fingerprint density at radius 2 is 1.77 bits per heavy atom. The molecule has 13 heavy (non-hydrogen) atoms. The van der Waals surface area contributed by atoms with E-state index in [2.05, 4.69) is 24.3 Å². The first-order valence-corrected chi connectivity index (χ1v) is 4.63. The number of rotatable bonds is 2. The quantitative estimate of drug-likeness (QED) is 0.775. The molecular formula is C11H16ClN. The summed E-state index contributed by atoms with van der Waals surface area (Å²) in [5.74, 6) is 0.854. The van der Waals surface area contributed by atoms with E-state index in [9.17, 15) is 0 Å². The lowest BCUT2D eigenvalue weighted by Crippen LogP contribution is -2.04. The average Bonchev–Trinajstić information content (AvgIpc) is 2.87. The first-order valence-electron chi connectivity index (χ1n) is 4.63. The third kappa shape index (κ3) is 2.45. The predicted octanol–water partition coefficient (Wildman–Crippen LogP) is 3.01. The maximum absolute atomic E-state index is 5.76. The Bertz CT molecular complexity index is 241. The normalized spacial score (nSPS) is 17.7. The van der Waals surface area contributed by atoms with Crippen LogP contribution < -0.4 is 5.73 Å². The number of nitrogens with two attached hydrogens (primary N) is 1. The summed E-state index contributed by atoms with van der Waals surface area (Å²) in [4.78, 5) is 0. The maximum atomic E-state index is 5.76. The summed E-state index contributed by atoms with van der Waals surface area (Å²) >= 11 is 0. The standard InChI is InChI=1S/C11H15N.ClH/c1-8(12)9-2-4-10(5-3-9)11-6-7-11;/h2-5,8,11H,6-7,12H2,1H3;1H. The minimum absolute atomic E-state index is 0. The molecule has 1 aromatic rings. The van der Waals surface area contributed by atoms with Gasteiger partial charge in [0.15, 0.2) is 0 Å². The highest BCUT2D eigenvalue weighted by Crippen LogP contribution is 2.40. The molecule has 2 N–H and O–H groups in total. The van der Waals surface area contributed by atoms with Crippen molar-refractivity contribution in [2.45, 2.75) is 31.7 Å². The van der Waals surface area contributed by atoms with E-state index in [1.54, 1.807) is 0 Å². The van der Waals surface area contributed by atoms with Crippen LogP contribution in [-0.2, 0) is 0 Å². The van der Waals surface area contributed by atoms with E-state index >= 15 is 0 Å². The first kappa shape index (κ1) is 10.6. The van der Waals surface area contributed by atoms with Crippen LogP contribution in [0, 0.1) is 0 Å². The van der Waals surface area contributed by atoms with Crippen molar-refractivity contribution >= 4 is 12.4 Å². The lowest BCUT2D eigenvalue weighted by atomic mass is 10.0. The molecular weight excluding hydrogens is 182 g/mol. The van der Waals surface area contributed by atoms with Gasteiger partial charge >= 0.3 is 0 Å². The van der Waals surface area contributed by atoms with Gasteiger partial charge in [0.1, 0.15) is 0 Å². The van der Waals surface area contributed by atoms with Gasteiger partial charge in [0, 0.05) is 6.04 Å². The van der Waals surface area contributed by atoms with Crippen LogP contribution in [0.15, 0.2) is 24.3 Å². The van der Waals surface area contributed by atoms with E-state index in [1.807, 2.05) is 6.92 Å². The van der Waals surface area contributed by atoms with Gasteiger partial charge in [0.2, 0.25) is 0 Å². The topological polar surface area (TPSA) is 26.0 Å². The molecule has 0 heterocycles. The molecule has 0 saturated heterocycles. The van der Waals surface area contributed by atoms with Crippen LogP contribution in [0.3, 0.4) is 0 Å². The molecule has 1 aromatic carbocycles. The molecule has 1 aliphatic carbocycles. The molecule has 0 radical (unpaired) electrons. The van der Waals surface area contributed by atoms with E-state index in [0.717, 1.165) is 5.92 Å². The van der Waals surface area contributed by atoms with Crippen molar-refractivity contribution < 1.29 is 0 Å². The second-order valence-corrected chi connectivity index (χ2v) is 3.73. The lowest BCUT2D eigenvalue weighted by Gasteiger charge is -2.05. The number of hydrogen-bond acceptors (Lipinski definition) is 1. The molecule has 2 rings (SSSR count). The minimum Gasteiger partial charge on any atom is -0.324 e. The number of hydrogen-bond donors (Lipinski definition) is 1. The van der Waals surface area contributed by atoms with Gasteiger partial charge in [-0.05, 0) is 36.8 Å². The number of halogens is 1. The lowest BCUT2D eigenvalue weighted by molar-refractivity contribution is 0.817. The van der Waals surface area contributed by atoms with Gasteiger partial charge in [-0.2, -0.15) is 0 Å². The third-order valence-corrected chi connectivity index (χ3v) is 2.51. The molecule has 1 nitrogen and oxygen atoms in total. The van der Waals surface area contributed by atoms with Crippen LogP contribution in [0.1, 0.15) is 42.9 Å². The Kier molecular flexibility index (Phi) is 3.34. The van der Waals surface area contributed by atoms with Gasteiger partial charge in [-0.25, -0.2) is 0 Å². The molecule has 0 bridgehead atoms. The summed E-state index contributed by atoms with van der Waals surface area (Å²) in [7, 11) is 0. The minimum atomic E-state index is 0. The third-order valence-electron chi connectivity index (χ3n) is 2.51. The highest BCUT2D eigenvalue weighted by molar-refractivity contribution is 5.85. The fourth-order valence-electron chi connectivity index (χ4n) is 1.49. The molecule has 0 aliphatic heterocycles. The molecule has 0 aromatic heterocycles. The Labute approximate surface area is 85.7 Å². The first-order chi connectivity index (χ1) is 5.77. The largest absolute Gasteiger partial charge is 0.324 e. The van der Waals surface area contributed by atoms with Crippen LogP contribution in [0.4, 0.5) is 0 Å². The van der Waals surface area contributed by atoms with E-state index in [0.29, 0.717) is 0 Å². The molecule has 0 spiro atoms. The van der Waals surface area contributed by atoms with Crippen molar-refractivity contribution in [3.05, 3.63) is 35.4 Å². The zero-order chi connectivity index (χ0) is 8.55. The molecule has 1 atom stereocenters. The van der Waals surface area contributed by atoms with E-state index in [1.165, 1.54) is 24.0 Å². The second kappa shape index (κ2) is 4.12. The zero-order valence-corrected chi connectivity index (χ0v) is 8.68. The van der Waals surface area contributed by atoms with E-state index in [-0.39, 0.29) is 18.4 Å². The van der Waals surface area contributed by atoms with Gasteiger partial charge in [-0.15, -0.1) is 12.4 Å². The van der Waals surface area contributed by atoms with Crippen LogP contribution in [0.2, 0.25) is 0 Å². The van der Waals surface area contributed by atoms with Gasteiger partial charge in [0.25, 0.3) is 0 Å². The molecule has 72 valence electrons. The van der Waals surface area contributed by atoms with Crippen LogP contribution in [-0.4, -0.2) is 0 Å². The highest BCUT2D eigenvalue weighted by atomic mass is 35.5. The Morgan fingerprint density at radius 3 is 2.15 bits per heavy atom. The van der Waals surface area contributed by atoms with Crippen LogP contribution in [0.5, 0.6) is 0 Å². The summed E-state index contributed by atoms with van der Waals surface area (Å²) in [5.41, 5.74) is 8.48. The fourth-order valence-corrected chi connectivity index (χ4v) is 1.49. The smallest absolute Gasteiger partial charge is 0.0266 e. The fraction of sp³-hybridized carbons (Fsp3) is 0.455. The SMILES string of the molecule is CC(N)c1ccc(C2CC2)cc1.Cl. The number of benzene rings is 1. The van der Waals surface area contributed by atoms with Crippen molar-refractivity contribution in [1.29, 1.82) is 0 Å². The Morgan fingerprint density at radius 1 is 1.23 bits per heavy atom. The molecule has 1 unspecified atom stereocenters. The maximum Gasteiger partial charge on any atom is 0.0266 e. The van der Waals surface area contributed by atoms with Crippen molar-refractivity contribution in [1.82, 2.24) is 0 Å². The van der Waals surface area contributed by atoms with E-state index in [4.69, 9.17) is 5.73 Å². The van der Waals surface area contributed by atoms with Crippen LogP contribution in [0.25, 0.3) is 0 Å².